The molecule has 0 bridgehead atoms. The molecule has 2 unspecified atom stereocenters. The summed E-state index contributed by atoms with van der Waals surface area (Å²) in [6.07, 6.45) is 8.13. The molecule has 3 rings (SSSR count). The van der Waals surface area contributed by atoms with Gasteiger partial charge in [-0.1, -0.05) is 26.2 Å². The normalized spacial score (nSPS) is 24.5. The lowest BCUT2D eigenvalue weighted by Crippen LogP contribution is -2.20. The lowest BCUT2D eigenvalue weighted by atomic mass is 9.84. The second-order valence-electron chi connectivity index (χ2n) is 5.28. The molecule has 4 nitrogen and oxygen atoms in total. The number of nitrogen functional groups attached to an aromatic ring is 1. The number of rotatable bonds is 2. The molecule has 0 aromatic carbocycles. The Labute approximate surface area is 107 Å². The van der Waals surface area contributed by atoms with Gasteiger partial charge in [-0.15, -0.1) is 0 Å². The number of pyridine rings is 1. The van der Waals surface area contributed by atoms with Gasteiger partial charge in [0.25, 0.3) is 0 Å². The molecule has 2 heterocycles. The second-order valence-corrected chi connectivity index (χ2v) is 5.28. The maximum atomic E-state index is 6.08. The summed E-state index contributed by atoms with van der Waals surface area (Å²) in [5.41, 5.74) is 7.94. The van der Waals surface area contributed by atoms with Crippen LogP contribution in [0.25, 0.3) is 11.2 Å². The summed E-state index contributed by atoms with van der Waals surface area (Å²) in [6, 6.07) is 4.37. The van der Waals surface area contributed by atoms with Crippen LogP contribution in [0.1, 0.15) is 45.1 Å². The standard InChI is InChI=1S/C14H20N4/c1-2-10-5-3-6-11(9-10)18-13-12(17-14(18)15)7-4-8-16-13/h4,7-8,10-11H,2-3,5-6,9H2,1H3,(H2,15,17). The lowest BCUT2D eigenvalue weighted by molar-refractivity contribution is 0.266. The SMILES string of the molecule is CCC1CCCC(n2c(N)nc3cccnc32)C1. The van der Waals surface area contributed by atoms with Crippen LogP contribution in [0.4, 0.5) is 5.95 Å². The molecule has 0 spiro atoms. The highest BCUT2D eigenvalue weighted by Crippen LogP contribution is 2.36. The van der Waals surface area contributed by atoms with E-state index in [-0.39, 0.29) is 0 Å². The Morgan fingerprint density at radius 1 is 1.44 bits per heavy atom. The van der Waals surface area contributed by atoms with Gasteiger partial charge in [0.05, 0.1) is 0 Å². The third kappa shape index (κ3) is 1.85. The third-order valence-corrected chi connectivity index (χ3v) is 4.17. The van der Waals surface area contributed by atoms with E-state index in [0.29, 0.717) is 12.0 Å². The maximum absolute atomic E-state index is 6.08. The quantitative estimate of drug-likeness (QED) is 0.882. The van der Waals surface area contributed by atoms with Crippen LogP contribution in [-0.2, 0) is 0 Å². The Hall–Kier alpha value is -1.58. The molecule has 1 aliphatic rings. The summed E-state index contributed by atoms with van der Waals surface area (Å²) in [5, 5.41) is 0. The number of nitrogens with two attached hydrogens (primary N) is 1. The molecule has 2 N–H and O–H groups in total. The minimum atomic E-state index is 0.476. The van der Waals surface area contributed by atoms with Crippen LogP contribution in [0.2, 0.25) is 0 Å². The van der Waals surface area contributed by atoms with E-state index in [2.05, 4.69) is 21.5 Å². The number of imidazole rings is 1. The predicted molar refractivity (Wildman–Crippen MR) is 73.2 cm³/mol. The van der Waals surface area contributed by atoms with Crippen LogP contribution in [-0.4, -0.2) is 14.5 Å². The van der Waals surface area contributed by atoms with Crippen molar-refractivity contribution >= 4 is 17.1 Å². The zero-order chi connectivity index (χ0) is 12.5. The van der Waals surface area contributed by atoms with Gasteiger partial charge in [-0.25, -0.2) is 9.97 Å². The molecular formula is C14H20N4. The molecule has 96 valence electrons. The van der Waals surface area contributed by atoms with Gasteiger partial charge in [0.1, 0.15) is 5.52 Å². The molecule has 18 heavy (non-hydrogen) atoms. The summed E-state index contributed by atoms with van der Waals surface area (Å²) >= 11 is 0. The fourth-order valence-corrected chi connectivity index (χ4v) is 3.18. The Balaban J connectivity index is 2.00. The van der Waals surface area contributed by atoms with E-state index in [1.807, 2.05) is 18.3 Å². The number of hydrogen-bond donors (Lipinski definition) is 1. The first-order valence-corrected chi connectivity index (χ1v) is 6.88. The fraction of sp³-hybridized carbons (Fsp3) is 0.571. The van der Waals surface area contributed by atoms with Crippen molar-refractivity contribution in [2.45, 2.75) is 45.1 Å². The average Bonchev–Trinajstić information content (AvgIpc) is 2.74. The van der Waals surface area contributed by atoms with Gasteiger partial charge in [0.2, 0.25) is 5.95 Å². The van der Waals surface area contributed by atoms with Gasteiger partial charge in [0, 0.05) is 12.2 Å². The van der Waals surface area contributed by atoms with Crippen LogP contribution in [0.15, 0.2) is 18.3 Å². The second kappa shape index (κ2) is 4.59. The van der Waals surface area contributed by atoms with Crippen LogP contribution in [0, 0.1) is 5.92 Å². The monoisotopic (exact) mass is 244 g/mol. The molecule has 1 saturated carbocycles. The first-order chi connectivity index (χ1) is 8.79. The van der Waals surface area contributed by atoms with Crippen LogP contribution < -0.4 is 5.73 Å². The third-order valence-electron chi connectivity index (χ3n) is 4.17. The van der Waals surface area contributed by atoms with E-state index >= 15 is 0 Å². The molecule has 2 aromatic heterocycles. The number of hydrogen-bond acceptors (Lipinski definition) is 3. The summed E-state index contributed by atoms with van der Waals surface area (Å²) in [4.78, 5) is 8.87. The Kier molecular flexibility index (Phi) is 2.94. The summed E-state index contributed by atoms with van der Waals surface area (Å²) < 4.78 is 2.15. The first-order valence-electron chi connectivity index (χ1n) is 6.88. The van der Waals surface area contributed by atoms with E-state index in [1.165, 1.54) is 32.1 Å². The Bertz CT molecular complexity index is 546. The Morgan fingerprint density at radius 2 is 2.33 bits per heavy atom. The van der Waals surface area contributed by atoms with Crippen molar-refractivity contribution in [2.75, 3.05) is 5.73 Å². The van der Waals surface area contributed by atoms with Crippen molar-refractivity contribution in [3.8, 4) is 0 Å². The molecule has 1 aliphatic carbocycles. The maximum Gasteiger partial charge on any atom is 0.202 e. The molecular weight excluding hydrogens is 224 g/mol. The van der Waals surface area contributed by atoms with Crippen molar-refractivity contribution in [1.29, 1.82) is 0 Å². The van der Waals surface area contributed by atoms with Crippen LogP contribution in [0.3, 0.4) is 0 Å². The zero-order valence-electron chi connectivity index (χ0n) is 10.8. The van der Waals surface area contributed by atoms with Gasteiger partial charge < -0.3 is 5.73 Å². The highest BCUT2D eigenvalue weighted by atomic mass is 15.2. The highest BCUT2D eigenvalue weighted by Gasteiger charge is 2.25. The van der Waals surface area contributed by atoms with Crippen LogP contribution >= 0.6 is 0 Å². The molecule has 0 radical (unpaired) electrons. The van der Waals surface area contributed by atoms with Crippen molar-refractivity contribution < 1.29 is 0 Å². The molecule has 0 saturated heterocycles. The minimum Gasteiger partial charge on any atom is -0.369 e. The van der Waals surface area contributed by atoms with E-state index < -0.39 is 0 Å². The van der Waals surface area contributed by atoms with E-state index in [1.54, 1.807) is 0 Å². The van der Waals surface area contributed by atoms with Crippen molar-refractivity contribution in [3.05, 3.63) is 18.3 Å². The van der Waals surface area contributed by atoms with Gasteiger partial charge in [-0.05, 0) is 30.9 Å². The van der Waals surface area contributed by atoms with E-state index in [9.17, 15) is 0 Å². The van der Waals surface area contributed by atoms with Crippen molar-refractivity contribution in [3.63, 3.8) is 0 Å². The first kappa shape index (κ1) is 11.5. The number of nitrogens with zero attached hydrogens (tertiary/aromatic N) is 3. The Morgan fingerprint density at radius 3 is 3.17 bits per heavy atom. The zero-order valence-corrected chi connectivity index (χ0v) is 10.8. The minimum absolute atomic E-state index is 0.476. The van der Waals surface area contributed by atoms with Crippen molar-refractivity contribution in [1.82, 2.24) is 14.5 Å². The molecule has 4 heteroatoms. The van der Waals surface area contributed by atoms with E-state index in [0.717, 1.165) is 17.1 Å². The molecule has 0 aliphatic heterocycles. The van der Waals surface area contributed by atoms with E-state index in [4.69, 9.17) is 5.73 Å². The largest absolute Gasteiger partial charge is 0.369 e. The highest BCUT2D eigenvalue weighted by molar-refractivity contribution is 5.73. The molecule has 0 amide bonds. The number of fused-ring (bicyclic) bond motifs is 1. The summed E-state index contributed by atoms with van der Waals surface area (Å²) in [6.45, 7) is 2.28. The molecule has 1 fully saturated rings. The predicted octanol–water partition coefficient (Wildman–Crippen LogP) is 3.15. The van der Waals surface area contributed by atoms with Crippen LogP contribution in [0.5, 0.6) is 0 Å². The number of anilines is 1. The van der Waals surface area contributed by atoms with Gasteiger partial charge >= 0.3 is 0 Å². The topological polar surface area (TPSA) is 56.7 Å². The van der Waals surface area contributed by atoms with Crippen molar-refractivity contribution in [2.24, 2.45) is 5.92 Å². The lowest BCUT2D eigenvalue weighted by Gasteiger charge is -2.30. The van der Waals surface area contributed by atoms with Gasteiger partial charge in [-0.3, -0.25) is 4.57 Å². The summed E-state index contributed by atoms with van der Waals surface area (Å²) in [7, 11) is 0. The molecule has 2 aromatic rings. The smallest absolute Gasteiger partial charge is 0.202 e. The van der Waals surface area contributed by atoms with Gasteiger partial charge in [0.15, 0.2) is 5.65 Å². The molecule has 2 atom stereocenters. The fourth-order valence-electron chi connectivity index (χ4n) is 3.18. The summed E-state index contributed by atoms with van der Waals surface area (Å²) in [5.74, 6) is 1.44. The number of aromatic nitrogens is 3. The van der Waals surface area contributed by atoms with Gasteiger partial charge in [-0.2, -0.15) is 0 Å². The average molecular weight is 244 g/mol.